The second-order valence-electron chi connectivity index (χ2n) is 3.12. The molecule has 1 heterocycles. The number of nitrogens with zero attached hydrogens (tertiary/aromatic N) is 2. The van der Waals surface area contributed by atoms with E-state index < -0.39 is 6.47 Å². The summed E-state index contributed by atoms with van der Waals surface area (Å²) in [5, 5.41) is 8.25. The fourth-order valence-electron chi connectivity index (χ4n) is 1.18. The first kappa shape index (κ1) is 12.7. The number of unbranched alkanes of at least 4 members (excludes halogenated alkanes) is 2. The molecule has 0 saturated heterocycles. The summed E-state index contributed by atoms with van der Waals surface area (Å²) in [5.74, 6) is 0. The number of carboxylic acid groups (broad SMARTS) is 1. The maximum absolute atomic E-state index is 8.25. The number of carbonyl (C=O) groups is 1. The number of aryl methyl sites for hydroxylation is 2. The maximum Gasteiger partial charge on any atom is 0.243 e. The molecular weight excluding hydrogens is 180 g/mol. The van der Waals surface area contributed by atoms with Crippen molar-refractivity contribution in [2.45, 2.75) is 32.7 Å². The van der Waals surface area contributed by atoms with Crippen LogP contribution in [0.2, 0.25) is 0 Å². The van der Waals surface area contributed by atoms with E-state index in [4.69, 9.17) is 9.90 Å². The summed E-state index contributed by atoms with van der Waals surface area (Å²) in [6, 6.07) is 0. The van der Waals surface area contributed by atoms with Crippen LogP contribution in [0.3, 0.4) is 0 Å². The highest BCUT2D eigenvalue weighted by molar-refractivity contribution is 5.29. The molecule has 0 unspecified atom stereocenters. The molecule has 0 N–H and O–H groups in total. The zero-order chi connectivity index (χ0) is 10.8. The predicted molar refractivity (Wildman–Crippen MR) is 51.2 cm³/mol. The molecule has 0 bridgehead atoms. The quantitative estimate of drug-likeness (QED) is 0.384. The van der Waals surface area contributed by atoms with E-state index in [0.29, 0.717) is 0 Å². The monoisotopic (exact) mass is 198 g/mol. The molecule has 4 nitrogen and oxygen atoms in total. The van der Waals surface area contributed by atoms with Crippen molar-refractivity contribution in [1.29, 1.82) is 0 Å². The summed E-state index contributed by atoms with van der Waals surface area (Å²) in [6.45, 7) is 2.89. The normalized spacial score (nSPS) is 9.00. The molecule has 4 heteroatoms. The van der Waals surface area contributed by atoms with Gasteiger partial charge in [-0.1, -0.05) is 13.3 Å². The van der Waals surface area contributed by atoms with Crippen molar-refractivity contribution in [1.82, 2.24) is 4.57 Å². The van der Waals surface area contributed by atoms with Crippen LogP contribution >= 0.6 is 0 Å². The van der Waals surface area contributed by atoms with Gasteiger partial charge in [0.05, 0.1) is 13.6 Å². The summed E-state index contributed by atoms with van der Waals surface area (Å²) in [7, 11) is 2.05. The molecular formula is C10H18N2O2. The van der Waals surface area contributed by atoms with Crippen LogP contribution in [0.1, 0.15) is 26.2 Å². The Morgan fingerprint density at radius 2 is 2.14 bits per heavy atom. The third kappa shape index (κ3) is 6.22. The lowest BCUT2D eigenvalue weighted by atomic mass is 10.2. The van der Waals surface area contributed by atoms with Crippen LogP contribution in [0.25, 0.3) is 0 Å². The SMILES string of the molecule is CCCCCn1cc[n+](C)c1.O=C[O-]. The zero-order valence-corrected chi connectivity index (χ0v) is 8.85. The molecule has 0 atom stereocenters. The van der Waals surface area contributed by atoms with E-state index in [2.05, 4.69) is 41.8 Å². The third-order valence-electron chi connectivity index (χ3n) is 1.84. The van der Waals surface area contributed by atoms with Gasteiger partial charge in [0, 0.05) is 6.47 Å². The van der Waals surface area contributed by atoms with Crippen molar-refractivity contribution in [3.63, 3.8) is 0 Å². The summed E-state index contributed by atoms with van der Waals surface area (Å²) < 4.78 is 4.31. The Morgan fingerprint density at radius 3 is 2.57 bits per heavy atom. The Kier molecular flexibility index (Phi) is 7.50. The van der Waals surface area contributed by atoms with E-state index in [0.717, 1.165) is 6.54 Å². The maximum atomic E-state index is 8.25. The van der Waals surface area contributed by atoms with Gasteiger partial charge in [-0.25, -0.2) is 9.13 Å². The Morgan fingerprint density at radius 1 is 1.50 bits per heavy atom. The van der Waals surface area contributed by atoms with Crippen LogP contribution in [-0.2, 0) is 18.4 Å². The molecule has 14 heavy (non-hydrogen) atoms. The minimum atomic E-state index is -0.500. The van der Waals surface area contributed by atoms with E-state index in [9.17, 15) is 0 Å². The molecule has 0 amide bonds. The fraction of sp³-hybridized carbons (Fsp3) is 0.600. The van der Waals surface area contributed by atoms with Gasteiger partial charge in [-0.3, -0.25) is 0 Å². The predicted octanol–water partition coefficient (Wildman–Crippen LogP) is -0.131. The van der Waals surface area contributed by atoms with E-state index >= 15 is 0 Å². The highest BCUT2D eigenvalue weighted by Gasteiger charge is 1.97. The molecule has 0 aliphatic rings. The highest BCUT2D eigenvalue weighted by Crippen LogP contribution is 1.96. The lowest BCUT2D eigenvalue weighted by Crippen LogP contribution is -2.23. The van der Waals surface area contributed by atoms with Gasteiger partial charge in [-0.15, -0.1) is 0 Å². The van der Waals surface area contributed by atoms with Crippen molar-refractivity contribution in [3.8, 4) is 0 Å². The van der Waals surface area contributed by atoms with Gasteiger partial charge < -0.3 is 9.90 Å². The van der Waals surface area contributed by atoms with E-state index in [1.165, 1.54) is 19.3 Å². The average Bonchev–Trinajstić information content (AvgIpc) is 2.53. The molecule has 0 aliphatic heterocycles. The van der Waals surface area contributed by atoms with Crippen molar-refractivity contribution >= 4 is 6.47 Å². The van der Waals surface area contributed by atoms with Crippen LogP contribution in [0, 0.1) is 0 Å². The van der Waals surface area contributed by atoms with Gasteiger partial charge in [0.15, 0.2) is 0 Å². The Bertz CT molecular complexity index is 246. The van der Waals surface area contributed by atoms with Crippen molar-refractivity contribution < 1.29 is 14.5 Å². The zero-order valence-electron chi connectivity index (χ0n) is 8.85. The van der Waals surface area contributed by atoms with Gasteiger partial charge in [0.2, 0.25) is 6.33 Å². The molecule has 1 rings (SSSR count). The Labute approximate surface area is 84.8 Å². The van der Waals surface area contributed by atoms with Gasteiger partial charge >= 0.3 is 0 Å². The molecule has 0 radical (unpaired) electrons. The minimum Gasteiger partial charge on any atom is -0.554 e. The topological polar surface area (TPSA) is 48.9 Å². The van der Waals surface area contributed by atoms with Crippen LogP contribution in [0.5, 0.6) is 0 Å². The van der Waals surface area contributed by atoms with Crippen molar-refractivity contribution in [3.05, 3.63) is 18.7 Å². The summed E-state index contributed by atoms with van der Waals surface area (Å²) >= 11 is 0. The van der Waals surface area contributed by atoms with Crippen LogP contribution < -0.4 is 9.67 Å². The van der Waals surface area contributed by atoms with Crippen molar-refractivity contribution in [2.24, 2.45) is 7.05 Å². The number of aromatic nitrogens is 2. The number of rotatable bonds is 4. The number of hydrogen-bond donors (Lipinski definition) is 0. The summed E-state index contributed by atoms with van der Waals surface area (Å²) in [4.78, 5) is 8.25. The van der Waals surface area contributed by atoms with Crippen LogP contribution in [-0.4, -0.2) is 11.0 Å². The lowest BCUT2D eigenvalue weighted by Gasteiger charge is -1.93. The van der Waals surface area contributed by atoms with E-state index in [1.807, 2.05) is 0 Å². The summed E-state index contributed by atoms with van der Waals surface area (Å²) in [6.07, 6.45) is 10.2. The molecule has 0 fully saturated rings. The molecule has 0 spiro atoms. The van der Waals surface area contributed by atoms with Gasteiger partial charge in [-0.05, 0) is 12.8 Å². The first-order chi connectivity index (χ1) is 6.74. The van der Waals surface area contributed by atoms with Crippen molar-refractivity contribution in [2.75, 3.05) is 0 Å². The number of imidazole rings is 1. The van der Waals surface area contributed by atoms with E-state index in [-0.39, 0.29) is 0 Å². The van der Waals surface area contributed by atoms with Gasteiger partial charge in [0.25, 0.3) is 0 Å². The Hall–Kier alpha value is -1.32. The van der Waals surface area contributed by atoms with Crippen LogP contribution in [0.15, 0.2) is 18.7 Å². The molecule has 80 valence electrons. The average molecular weight is 198 g/mol. The second kappa shape index (κ2) is 8.29. The van der Waals surface area contributed by atoms with Gasteiger partial charge in [-0.2, -0.15) is 0 Å². The molecule has 0 saturated carbocycles. The lowest BCUT2D eigenvalue weighted by molar-refractivity contribution is -0.671. The van der Waals surface area contributed by atoms with E-state index in [1.54, 1.807) is 0 Å². The largest absolute Gasteiger partial charge is 0.554 e. The molecule has 1 aromatic heterocycles. The molecule has 1 aromatic rings. The first-order valence-electron chi connectivity index (χ1n) is 4.81. The second-order valence-corrected chi connectivity index (χ2v) is 3.12. The molecule has 0 aliphatic carbocycles. The smallest absolute Gasteiger partial charge is 0.243 e. The number of carbonyl (C=O) groups excluding carboxylic acids is 1. The molecule has 0 aromatic carbocycles. The fourth-order valence-corrected chi connectivity index (χ4v) is 1.18. The van der Waals surface area contributed by atoms with Crippen LogP contribution in [0.4, 0.5) is 0 Å². The summed E-state index contributed by atoms with van der Waals surface area (Å²) in [5.41, 5.74) is 0. The number of hydrogen-bond acceptors (Lipinski definition) is 2. The minimum absolute atomic E-state index is 0.500. The third-order valence-corrected chi connectivity index (χ3v) is 1.84. The first-order valence-corrected chi connectivity index (χ1v) is 4.81. The Balaban J connectivity index is 0.000000500. The highest BCUT2D eigenvalue weighted by atomic mass is 16.3. The standard InChI is InChI=1S/C9H17N2.CH2O2/c1-3-4-5-6-11-8-7-10(2)9-11;2-1-3/h7-9H,3-6H2,1-2H3;1H,(H,2,3)/q+1;/p-1. The van der Waals surface area contributed by atoms with Gasteiger partial charge in [0.1, 0.15) is 12.4 Å².